The molecule has 116 valence electrons. The number of carbonyl (C=O) groups is 1. The van der Waals surface area contributed by atoms with Crippen molar-refractivity contribution in [2.45, 2.75) is 31.7 Å². The molecule has 1 aliphatic rings. The van der Waals surface area contributed by atoms with E-state index < -0.39 is 0 Å². The lowest BCUT2D eigenvalue weighted by Crippen LogP contribution is -2.42. The van der Waals surface area contributed by atoms with Crippen LogP contribution in [0.1, 0.15) is 31.4 Å². The van der Waals surface area contributed by atoms with Crippen molar-refractivity contribution in [1.82, 2.24) is 10.3 Å². The van der Waals surface area contributed by atoms with Gasteiger partial charge in [0.1, 0.15) is 12.8 Å². The van der Waals surface area contributed by atoms with Crippen molar-refractivity contribution < 1.29 is 14.7 Å². The lowest BCUT2D eigenvalue weighted by Gasteiger charge is -2.27. The molecule has 0 aliphatic heterocycles. The molecule has 21 heavy (non-hydrogen) atoms. The number of oxime groups is 1. The summed E-state index contributed by atoms with van der Waals surface area (Å²) in [5, 5.41) is 17.9. The number of aliphatic hydroxyl groups is 1. The number of thiazole rings is 1. The molecule has 1 aromatic rings. The van der Waals surface area contributed by atoms with E-state index in [0.29, 0.717) is 16.7 Å². The van der Waals surface area contributed by atoms with Gasteiger partial charge in [-0.1, -0.05) is 5.16 Å². The number of rotatable bonds is 5. The Morgan fingerprint density at radius 3 is 2.81 bits per heavy atom. The van der Waals surface area contributed by atoms with Crippen LogP contribution in [0.2, 0.25) is 0 Å². The van der Waals surface area contributed by atoms with Gasteiger partial charge < -0.3 is 21.0 Å². The number of nitrogen functional groups attached to an aromatic ring is 1. The van der Waals surface area contributed by atoms with E-state index in [4.69, 9.17) is 15.7 Å². The fourth-order valence-corrected chi connectivity index (χ4v) is 2.98. The van der Waals surface area contributed by atoms with E-state index >= 15 is 0 Å². The lowest BCUT2D eigenvalue weighted by molar-refractivity contribution is -0.115. The second kappa shape index (κ2) is 7.37. The van der Waals surface area contributed by atoms with Crippen LogP contribution in [-0.2, 0) is 9.63 Å². The molecule has 0 unspecified atom stereocenters. The third-order valence-electron chi connectivity index (χ3n) is 3.60. The van der Waals surface area contributed by atoms with Crippen LogP contribution in [0.4, 0.5) is 5.13 Å². The predicted molar refractivity (Wildman–Crippen MR) is 81.0 cm³/mol. The zero-order chi connectivity index (χ0) is 15.2. The van der Waals surface area contributed by atoms with Crippen molar-refractivity contribution in [1.29, 1.82) is 0 Å². The first-order valence-electron chi connectivity index (χ1n) is 6.88. The number of aliphatic hydroxyl groups excluding tert-OH is 1. The maximum Gasteiger partial charge on any atom is 0.275 e. The number of nitrogens with zero attached hydrogens (tertiary/aromatic N) is 2. The van der Waals surface area contributed by atoms with Gasteiger partial charge in [0.05, 0.1) is 0 Å². The Hall–Kier alpha value is -1.67. The van der Waals surface area contributed by atoms with Crippen LogP contribution in [0.15, 0.2) is 10.5 Å². The Bertz CT molecular complexity index is 509. The summed E-state index contributed by atoms with van der Waals surface area (Å²) in [6.07, 6.45) is 3.55. The van der Waals surface area contributed by atoms with E-state index in [-0.39, 0.29) is 24.3 Å². The largest absolute Gasteiger partial charge is 0.398 e. The number of amides is 1. The fourth-order valence-electron chi connectivity index (χ4n) is 2.44. The monoisotopic (exact) mass is 312 g/mol. The van der Waals surface area contributed by atoms with Crippen LogP contribution in [0.3, 0.4) is 0 Å². The Labute approximate surface area is 127 Å². The fraction of sp³-hybridized carbons (Fsp3) is 0.615. The van der Waals surface area contributed by atoms with Crippen LogP contribution in [0.5, 0.6) is 0 Å². The van der Waals surface area contributed by atoms with Crippen LogP contribution >= 0.6 is 11.3 Å². The van der Waals surface area contributed by atoms with Crippen molar-refractivity contribution in [2.24, 2.45) is 11.1 Å². The van der Waals surface area contributed by atoms with Gasteiger partial charge >= 0.3 is 0 Å². The van der Waals surface area contributed by atoms with Crippen molar-refractivity contribution in [3.05, 3.63) is 11.1 Å². The highest BCUT2D eigenvalue weighted by atomic mass is 32.1. The first-order chi connectivity index (χ1) is 10.1. The maximum absolute atomic E-state index is 12.3. The molecule has 4 N–H and O–H groups in total. The number of aromatic nitrogens is 1. The average molecular weight is 312 g/mol. The first kappa shape index (κ1) is 15.7. The summed E-state index contributed by atoms with van der Waals surface area (Å²) in [6.45, 7) is 0.217. The van der Waals surface area contributed by atoms with E-state index in [1.807, 2.05) is 0 Å². The standard InChI is InChI=1S/C13H20N4O3S/c1-20-17-11(10-7-21-13(14)16-10)12(19)15-9-4-2-8(6-18)3-5-9/h7-9,18H,2-6H2,1H3,(H2,14,16)(H,15,19)/b17-11+. The average Bonchev–Trinajstić information content (AvgIpc) is 2.91. The topological polar surface area (TPSA) is 110 Å². The number of nitrogens with one attached hydrogen (secondary N) is 1. The van der Waals surface area contributed by atoms with Gasteiger partial charge in [0.15, 0.2) is 10.8 Å². The molecule has 1 saturated carbocycles. The minimum absolute atomic E-state index is 0.0957. The zero-order valence-electron chi connectivity index (χ0n) is 11.9. The van der Waals surface area contributed by atoms with Crippen molar-refractivity contribution in [3.63, 3.8) is 0 Å². The molecular formula is C13H20N4O3S. The van der Waals surface area contributed by atoms with E-state index in [9.17, 15) is 4.79 Å². The van der Waals surface area contributed by atoms with Gasteiger partial charge in [-0.3, -0.25) is 4.79 Å². The highest BCUT2D eigenvalue weighted by Crippen LogP contribution is 2.23. The molecular weight excluding hydrogens is 292 g/mol. The van der Waals surface area contributed by atoms with Gasteiger partial charge in [-0.2, -0.15) is 0 Å². The Kier molecular flexibility index (Phi) is 5.51. The molecule has 0 radical (unpaired) electrons. The van der Waals surface area contributed by atoms with Crippen molar-refractivity contribution in [3.8, 4) is 0 Å². The molecule has 0 atom stereocenters. The zero-order valence-corrected chi connectivity index (χ0v) is 12.7. The van der Waals surface area contributed by atoms with Crippen LogP contribution < -0.4 is 11.1 Å². The Balaban J connectivity index is 1.99. The van der Waals surface area contributed by atoms with Crippen molar-refractivity contribution >= 4 is 28.1 Å². The highest BCUT2D eigenvalue weighted by molar-refractivity contribution is 7.13. The number of nitrogens with two attached hydrogens (primary N) is 1. The second-order valence-corrected chi connectivity index (χ2v) is 5.96. The number of hydrogen-bond donors (Lipinski definition) is 3. The summed E-state index contributed by atoms with van der Waals surface area (Å²) in [7, 11) is 1.38. The Morgan fingerprint density at radius 2 is 2.29 bits per heavy atom. The minimum atomic E-state index is -0.311. The normalized spacial score (nSPS) is 22.9. The molecule has 2 rings (SSSR count). The number of anilines is 1. The molecule has 1 heterocycles. The van der Waals surface area contributed by atoms with Gasteiger partial charge in [-0.25, -0.2) is 4.98 Å². The van der Waals surface area contributed by atoms with Gasteiger partial charge in [-0.15, -0.1) is 11.3 Å². The highest BCUT2D eigenvalue weighted by Gasteiger charge is 2.25. The third-order valence-corrected chi connectivity index (χ3v) is 4.28. The van der Waals surface area contributed by atoms with Gasteiger partial charge in [0, 0.05) is 18.0 Å². The summed E-state index contributed by atoms with van der Waals surface area (Å²) in [5.74, 6) is 0.0400. The van der Waals surface area contributed by atoms with E-state index in [1.165, 1.54) is 18.4 Å². The van der Waals surface area contributed by atoms with E-state index in [0.717, 1.165) is 25.7 Å². The summed E-state index contributed by atoms with van der Waals surface area (Å²) >= 11 is 1.25. The van der Waals surface area contributed by atoms with Crippen LogP contribution in [0.25, 0.3) is 0 Å². The first-order valence-corrected chi connectivity index (χ1v) is 7.76. The number of hydrogen-bond acceptors (Lipinski definition) is 7. The lowest BCUT2D eigenvalue weighted by atomic mass is 9.86. The summed E-state index contributed by atoms with van der Waals surface area (Å²) in [6, 6.07) is 0.0957. The van der Waals surface area contributed by atoms with Crippen LogP contribution in [-0.4, -0.2) is 41.5 Å². The maximum atomic E-state index is 12.3. The van der Waals surface area contributed by atoms with Crippen LogP contribution in [0, 0.1) is 5.92 Å². The SMILES string of the molecule is CO/N=C(/C(=O)NC1CCC(CO)CC1)c1csc(N)n1. The predicted octanol–water partition coefficient (Wildman–Crippen LogP) is 0.743. The molecule has 8 heteroatoms. The minimum Gasteiger partial charge on any atom is -0.398 e. The van der Waals surface area contributed by atoms with Gasteiger partial charge in [0.2, 0.25) is 0 Å². The summed E-state index contributed by atoms with van der Waals surface area (Å²) in [4.78, 5) is 21.1. The van der Waals surface area contributed by atoms with Gasteiger partial charge in [0.25, 0.3) is 5.91 Å². The van der Waals surface area contributed by atoms with E-state index in [2.05, 4.69) is 15.5 Å². The molecule has 1 aromatic heterocycles. The molecule has 1 amide bonds. The summed E-state index contributed by atoms with van der Waals surface area (Å²) in [5.41, 5.74) is 6.14. The van der Waals surface area contributed by atoms with Crippen molar-refractivity contribution in [2.75, 3.05) is 19.5 Å². The molecule has 1 aliphatic carbocycles. The molecule has 0 spiro atoms. The quantitative estimate of drug-likeness (QED) is 0.549. The smallest absolute Gasteiger partial charge is 0.275 e. The number of carbonyl (C=O) groups excluding carboxylic acids is 1. The molecule has 1 fully saturated rings. The molecule has 0 saturated heterocycles. The molecule has 7 nitrogen and oxygen atoms in total. The van der Waals surface area contributed by atoms with Gasteiger partial charge in [-0.05, 0) is 31.6 Å². The van der Waals surface area contributed by atoms with E-state index in [1.54, 1.807) is 5.38 Å². The Morgan fingerprint density at radius 1 is 1.57 bits per heavy atom. The second-order valence-electron chi connectivity index (χ2n) is 5.07. The third kappa shape index (κ3) is 4.15. The molecule has 0 bridgehead atoms. The summed E-state index contributed by atoms with van der Waals surface area (Å²) < 4.78 is 0. The molecule has 0 aromatic carbocycles.